The van der Waals surface area contributed by atoms with Crippen molar-refractivity contribution in [2.45, 2.75) is 30.8 Å². The molecule has 20 heavy (non-hydrogen) atoms. The number of thiophene rings is 1. The molecule has 1 amide bonds. The van der Waals surface area contributed by atoms with Crippen LogP contribution in [-0.4, -0.2) is 20.7 Å². The summed E-state index contributed by atoms with van der Waals surface area (Å²) in [5.41, 5.74) is 2.79. The number of thioether (sulfide) groups is 1. The Bertz CT molecular complexity index is 645. The first-order valence-corrected chi connectivity index (χ1v) is 7.89. The average molecular weight is 313 g/mol. The first-order chi connectivity index (χ1) is 9.67. The van der Waals surface area contributed by atoms with Crippen LogP contribution < -0.4 is 17.0 Å². The lowest BCUT2D eigenvalue weighted by Crippen LogP contribution is -2.29. The van der Waals surface area contributed by atoms with Crippen LogP contribution in [0.5, 0.6) is 0 Å². The molecular weight excluding hydrogens is 298 g/mol. The number of nitrogens with zero attached hydrogens (tertiary/aromatic N) is 2. The fourth-order valence-electron chi connectivity index (χ4n) is 1.69. The molecule has 0 bridgehead atoms. The maximum absolute atomic E-state index is 11.6. The van der Waals surface area contributed by atoms with E-state index in [1.54, 1.807) is 4.57 Å². The minimum Gasteiger partial charge on any atom is -0.289 e. The van der Waals surface area contributed by atoms with Crippen molar-refractivity contribution < 1.29 is 4.79 Å². The maximum atomic E-state index is 11.6. The van der Waals surface area contributed by atoms with E-state index in [9.17, 15) is 9.59 Å². The fourth-order valence-corrected chi connectivity index (χ4v) is 3.57. The molecule has 2 heterocycles. The second kappa shape index (κ2) is 6.73. The zero-order chi connectivity index (χ0) is 14.5. The smallest absolute Gasteiger partial charge is 0.289 e. The van der Waals surface area contributed by atoms with Crippen molar-refractivity contribution in [3.8, 4) is 0 Å². The second-order valence-corrected chi connectivity index (χ2v) is 5.86. The first kappa shape index (κ1) is 14.8. The number of hydrogen-bond acceptors (Lipinski definition) is 6. The number of hydrazine groups is 1. The molecule has 0 fully saturated rings. The van der Waals surface area contributed by atoms with Gasteiger partial charge in [0.2, 0.25) is 0 Å². The van der Waals surface area contributed by atoms with Gasteiger partial charge in [-0.3, -0.25) is 14.8 Å². The van der Waals surface area contributed by atoms with Crippen LogP contribution in [0.4, 0.5) is 0 Å². The van der Waals surface area contributed by atoms with E-state index in [4.69, 9.17) is 5.84 Å². The lowest BCUT2D eigenvalue weighted by atomic mass is 10.3. The molecule has 0 aliphatic rings. The van der Waals surface area contributed by atoms with Crippen LogP contribution >= 0.6 is 23.1 Å². The topological polar surface area (TPSA) is 106 Å². The standard InChI is InChI=1S/C11H15N5O2S2/c1-2-4-16-10(18)14-15-11(16)20-6-7-3-5-19-8(7)9(17)13-12/h3,5H,2,4,6,12H2,1H3,(H,13,17)(H,14,18). The predicted octanol–water partition coefficient (Wildman–Crippen LogP) is 0.939. The van der Waals surface area contributed by atoms with E-state index in [-0.39, 0.29) is 11.6 Å². The number of aromatic nitrogens is 3. The molecule has 0 aliphatic heterocycles. The van der Waals surface area contributed by atoms with Gasteiger partial charge in [-0.15, -0.1) is 16.4 Å². The number of rotatable bonds is 6. The summed E-state index contributed by atoms with van der Waals surface area (Å²) < 4.78 is 1.60. The highest BCUT2D eigenvalue weighted by molar-refractivity contribution is 7.98. The Morgan fingerprint density at radius 1 is 1.65 bits per heavy atom. The Hall–Kier alpha value is -1.58. The van der Waals surface area contributed by atoms with Gasteiger partial charge < -0.3 is 0 Å². The van der Waals surface area contributed by atoms with Gasteiger partial charge in [0, 0.05) is 12.3 Å². The van der Waals surface area contributed by atoms with Gasteiger partial charge in [-0.1, -0.05) is 18.7 Å². The lowest BCUT2D eigenvalue weighted by molar-refractivity contribution is 0.0957. The van der Waals surface area contributed by atoms with Gasteiger partial charge in [0.25, 0.3) is 5.91 Å². The van der Waals surface area contributed by atoms with Gasteiger partial charge in [0.05, 0.1) is 4.88 Å². The number of carbonyl (C=O) groups excluding carboxylic acids is 1. The van der Waals surface area contributed by atoms with Gasteiger partial charge in [0.15, 0.2) is 5.16 Å². The van der Waals surface area contributed by atoms with Crippen LogP contribution in [0, 0.1) is 0 Å². The molecule has 2 rings (SSSR count). The van der Waals surface area contributed by atoms with E-state index in [2.05, 4.69) is 15.6 Å². The highest BCUT2D eigenvalue weighted by Gasteiger charge is 2.14. The molecular formula is C11H15N5O2S2. The molecule has 0 atom stereocenters. The highest BCUT2D eigenvalue weighted by atomic mass is 32.2. The largest absolute Gasteiger partial charge is 0.343 e. The highest BCUT2D eigenvalue weighted by Crippen LogP contribution is 2.25. The van der Waals surface area contributed by atoms with Crippen molar-refractivity contribution in [1.82, 2.24) is 20.2 Å². The number of carbonyl (C=O) groups is 1. The number of hydrogen-bond donors (Lipinski definition) is 3. The van der Waals surface area contributed by atoms with E-state index in [0.29, 0.717) is 22.3 Å². The molecule has 0 saturated carbocycles. The summed E-state index contributed by atoms with van der Waals surface area (Å²) in [6.07, 6.45) is 0.853. The van der Waals surface area contributed by atoms with Gasteiger partial charge in [-0.2, -0.15) is 0 Å². The number of aromatic amines is 1. The summed E-state index contributed by atoms with van der Waals surface area (Å²) in [7, 11) is 0. The van der Waals surface area contributed by atoms with Gasteiger partial charge >= 0.3 is 5.69 Å². The summed E-state index contributed by atoms with van der Waals surface area (Å²) in [6, 6.07) is 1.87. The second-order valence-electron chi connectivity index (χ2n) is 4.00. The molecule has 0 radical (unpaired) electrons. The molecule has 2 aromatic rings. The normalized spacial score (nSPS) is 10.7. The Balaban J connectivity index is 2.11. The van der Waals surface area contributed by atoms with Crippen molar-refractivity contribution in [2.24, 2.45) is 5.84 Å². The average Bonchev–Trinajstić information content (AvgIpc) is 3.04. The van der Waals surface area contributed by atoms with Crippen LogP contribution in [0.1, 0.15) is 28.6 Å². The maximum Gasteiger partial charge on any atom is 0.343 e. The van der Waals surface area contributed by atoms with Gasteiger partial charge in [-0.25, -0.2) is 15.7 Å². The summed E-state index contributed by atoms with van der Waals surface area (Å²) in [6.45, 7) is 2.62. The molecule has 7 nitrogen and oxygen atoms in total. The third-order valence-corrected chi connectivity index (χ3v) is 4.59. The molecule has 0 spiro atoms. The number of amides is 1. The van der Waals surface area contributed by atoms with Crippen molar-refractivity contribution in [3.63, 3.8) is 0 Å². The van der Waals surface area contributed by atoms with E-state index < -0.39 is 0 Å². The SMILES string of the molecule is CCCn1c(SCc2ccsc2C(=O)NN)n[nH]c1=O. The molecule has 0 saturated heterocycles. The molecule has 0 aromatic carbocycles. The monoisotopic (exact) mass is 313 g/mol. The summed E-state index contributed by atoms with van der Waals surface area (Å²) in [5, 5.41) is 8.90. The zero-order valence-corrected chi connectivity index (χ0v) is 12.5. The molecule has 9 heteroatoms. The Morgan fingerprint density at radius 2 is 2.45 bits per heavy atom. The third kappa shape index (κ3) is 3.11. The van der Waals surface area contributed by atoms with E-state index in [1.807, 2.05) is 18.4 Å². The van der Waals surface area contributed by atoms with Crippen LogP contribution in [0.3, 0.4) is 0 Å². The summed E-state index contributed by atoms with van der Waals surface area (Å²) in [5.74, 6) is 5.40. The Labute approximate surface area is 123 Å². The number of nitrogens with two attached hydrogens (primary N) is 1. The van der Waals surface area contributed by atoms with Crippen LogP contribution in [0.2, 0.25) is 0 Å². The first-order valence-electron chi connectivity index (χ1n) is 6.02. The summed E-state index contributed by atoms with van der Waals surface area (Å²) >= 11 is 2.75. The lowest BCUT2D eigenvalue weighted by Gasteiger charge is -2.04. The quantitative estimate of drug-likeness (QED) is 0.318. The number of nitrogen functional groups attached to an aromatic ring is 1. The van der Waals surface area contributed by atoms with Crippen molar-refractivity contribution in [1.29, 1.82) is 0 Å². The third-order valence-electron chi connectivity index (χ3n) is 2.61. The van der Waals surface area contributed by atoms with Crippen molar-refractivity contribution in [2.75, 3.05) is 0 Å². The van der Waals surface area contributed by atoms with Crippen molar-refractivity contribution >= 4 is 29.0 Å². The molecule has 2 aromatic heterocycles. The Morgan fingerprint density at radius 3 is 3.15 bits per heavy atom. The fraction of sp³-hybridized carbons (Fsp3) is 0.364. The van der Waals surface area contributed by atoms with Gasteiger partial charge in [-0.05, 0) is 23.4 Å². The van der Waals surface area contributed by atoms with Crippen LogP contribution in [0.25, 0.3) is 0 Å². The van der Waals surface area contributed by atoms with Crippen molar-refractivity contribution in [3.05, 3.63) is 32.4 Å². The molecule has 108 valence electrons. The van der Waals surface area contributed by atoms with E-state index in [1.165, 1.54) is 23.1 Å². The molecule has 4 N–H and O–H groups in total. The minimum atomic E-state index is -0.302. The molecule has 0 unspecified atom stereocenters. The Kier molecular flexibility index (Phi) is 4.99. The summed E-state index contributed by atoms with van der Waals surface area (Å²) in [4.78, 5) is 23.7. The van der Waals surface area contributed by atoms with Crippen LogP contribution in [0.15, 0.2) is 21.4 Å². The minimum absolute atomic E-state index is 0.209. The number of H-pyrrole nitrogens is 1. The van der Waals surface area contributed by atoms with E-state index in [0.717, 1.165) is 12.0 Å². The van der Waals surface area contributed by atoms with Crippen LogP contribution in [-0.2, 0) is 12.3 Å². The predicted molar refractivity (Wildman–Crippen MR) is 78.7 cm³/mol. The number of nitrogens with one attached hydrogen (secondary N) is 2. The molecule has 0 aliphatic carbocycles. The zero-order valence-electron chi connectivity index (χ0n) is 10.9. The van der Waals surface area contributed by atoms with E-state index >= 15 is 0 Å². The van der Waals surface area contributed by atoms with Gasteiger partial charge in [0.1, 0.15) is 0 Å².